The normalized spacial score (nSPS) is 12.3. The number of pyridine rings is 1. The Labute approximate surface area is 126 Å². The van der Waals surface area contributed by atoms with Gasteiger partial charge in [0.1, 0.15) is 11.6 Å². The minimum Gasteiger partial charge on any atom is -0.294 e. The van der Waals surface area contributed by atoms with Crippen molar-refractivity contribution in [3.05, 3.63) is 77.5 Å². The summed E-state index contributed by atoms with van der Waals surface area (Å²) in [5, 5.41) is 0.921. The zero-order chi connectivity index (χ0) is 15.7. The van der Waals surface area contributed by atoms with E-state index in [2.05, 4.69) is 4.98 Å². The SMILES string of the molecule is C[C@@H](C(=O)c1cc(F)cc(F)c1)c1cnc2ccccc2c1. The summed E-state index contributed by atoms with van der Waals surface area (Å²) in [5.74, 6) is -2.38. The quantitative estimate of drug-likeness (QED) is 0.666. The fraction of sp³-hybridized carbons (Fsp3) is 0.111. The monoisotopic (exact) mass is 297 g/mol. The number of Topliss-reactive ketones (excluding diaryl/α,β-unsaturated/α-hetero) is 1. The Kier molecular flexibility index (Phi) is 3.67. The van der Waals surface area contributed by atoms with Crippen molar-refractivity contribution in [1.29, 1.82) is 0 Å². The molecule has 0 N–H and O–H groups in total. The number of carbonyl (C=O) groups is 1. The lowest BCUT2D eigenvalue weighted by molar-refractivity contribution is 0.0965. The molecule has 4 heteroatoms. The largest absolute Gasteiger partial charge is 0.294 e. The molecule has 0 fully saturated rings. The van der Waals surface area contributed by atoms with Crippen LogP contribution < -0.4 is 0 Å². The molecule has 0 amide bonds. The molecule has 0 aliphatic carbocycles. The Morgan fingerprint density at radius 2 is 1.73 bits per heavy atom. The average Bonchev–Trinajstić information content (AvgIpc) is 2.52. The van der Waals surface area contributed by atoms with E-state index in [-0.39, 0.29) is 11.3 Å². The van der Waals surface area contributed by atoms with Crippen molar-refractivity contribution in [3.63, 3.8) is 0 Å². The Morgan fingerprint density at radius 1 is 1.05 bits per heavy atom. The van der Waals surface area contributed by atoms with Crippen molar-refractivity contribution >= 4 is 16.7 Å². The van der Waals surface area contributed by atoms with Crippen molar-refractivity contribution in [2.45, 2.75) is 12.8 Å². The van der Waals surface area contributed by atoms with Crippen LogP contribution in [-0.2, 0) is 0 Å². The van der Waals surface area contributed by atoms with Gasteiger partial charge in [-0.1, -0.05) is 25.1 Å². The molecule has 1 aromatic heterocycles. The van der Waals surface area contributed by atoms with E-state index in [9.17, 15) is 13.6 Å². The van der Waals surface area contributed by atoms with Crippen molar-refractivity contribution in [2.75, 3.05) is 0 Å². The summed E-state index contributed by atoms with van der Waals surface area (Å²) in [6.07, 6.45) is 1.63. The van der Waals surface area contributed by atoms with Crippen molar-refractivity contribution in [3.8, 4) is 0 Å². The molecular formula is C18H13F2NO. The third kappa shape index (κ3) is 2.72. The summed E-state index contributed by atoms with van der Waals surface area (Å²) >= 11 is 0. The van der Waals surface area contributed by atoms with Crippen LogP contribution in [0.25, 0.3) is 10.9 Å². The standard InChI is InChI=1S/C18H13F2NO/c1-11(18(22)13-7-15(19)9-16(20)8-13)14-6-12-4-2-3-5-17(12)21-10-14/h2-11H,1H3/t11-/m1/s1. The first-order valence-corrected chi connectivity index (χ1v) is 6.89. The van der Waals surface area contributed by atoms with E-state index < -0.39 is 17.6 Å². The molecule has 0 aliphatic heterocycles. The molecule has 0 bridgehead atoms. The molecule has 1 heterocycles. The molecule has 0 aliphatic rings. The van der Waals surface area contributed by atoms with Gasteiger partial charge in [0, 0.05) is 29.1 Å². The maximum Gasteiger partial charge on any atom is 0.170 e. The number of hydrogen-bond acceptors (Lipinski definition) is 2. The fourth-order valence-corrected chi connectivity index (χ4v) is 2.42. The molecule has 1 atom stereocenters. The first-order valence-electron chi connectivity index (χ1n) is 6.89. The summed E-state index contributed by atoms with van der Waals surface area (Å²) in [4.78, 5) is 16.7. The molecule has 3 rings (SSSR count). The topological polar surface area (TPSA) is 30.0 Å². The van der Waals surface area contributed by atoms with Crippen LogP contribution in [0.3, 0.4) is 0 Å². The highest BCUT2D eigenvalue weighted by molar-refractivity contribution is 6.01. The first kappa shape index (κ1) is 14.3. The van der Waals surface area contributed by atoms with Gasteiger partial charge < -0.3 is 0 Å². The number of fused-ring (bicyclic) bond motifs is 1. The molecule has 2 nitrogen and oxygen atoms in total. The Hall–Kier alpha value is -2.62. The van der Waals surface area contributed by atoms with E-state index in [0.717, 1.165) is 29.1 Å². The summed E-state index contributed by atoms with van der Waals surface area (Å²) in [6, 6.07) is 12.3. The van der Waals surface area contributed by atoms with Gasteiger partial charge >= 0.3 is 0 Å². The van der Waals surface area contributed by atoms with Gasteiger partial charge in [-0.25, -0.2) is 8.78 Å². The van der Waals surface area contributed by atoms with E-state index in [1.165, 1.54) is 0 Å². The lowest BCUT2D eigenvalue weighted by atomic mass is 9.92. The average molecular weight is 297 g/mol. The van der Waals surface area contributed by atoms with Crippen LogP contribution in [0, 0.1) is 11.6 Å². The number of rotatable bonds is 3. The molecule has 110 valence electrons. The maximum absolute atomic E-state index is 13.3. The molecule has 0 saturated carbocycles. The number of carbonyl (C=O) groups excluding carboxylic acids is 1. The highest BCUT2D eigenvalue weighted by atomic mass is 19.1. The van der Waals surface area contributed by atoms with Gasteiger partial charge in [-0.05, 0) is 29.8 Å². The molecule has 0 spiro atoms. The van der Waals surface area contributed by atoms with E-state index >= 15 is 0 Å². The number of halogens is 2. The molecular weight excluding hydrogens is 284 g/mol. The maximum atomic E-state index is 13.3. The minimum absolute atomic E-state index is 0.0261. The molecule has 0 saturated heterocycles. The minimum atomic E-state index is -0.757. The second-order valence-electron chi connectivity index (χ2n) is 5.21. The van der Waals surface area contributed by atoms with Crippen LogP contribution in [0.15, 0.2) is 54.7 Å². The van der Waals surface area contributed by atoms with Gasteiger partial charge in [0.2, 0.25) is 0 Å². The number of ketones is 1. The van der Waals surface area contributed by atoms with E-state index in [4.69, 9.17) is 0 Å². The zero-order valence-electron chi connectivity index (χ0n) is 11.9. The predicted octanol–water partition coefficient (Wildman–Crippen LogP) is 4.50. The number of aromatic nitrogens is 1. The van der Waals surface area contributed by atoms with E-state index in [1.807, 2.05) is 30.3 Å². The third-order valence-corrected chi connectivity index (χ3v) is 3.65. The van der Waals surface area contributed by atoms with Gasteiger partial charge in [-0.2, -0.15) is 0 Å². The van der Waals surface area contributed by atoms with Gasteiger partial charge in [-0.3, -0.25) is 9.78 Å². The summed E-state index contributed by atoms with van der Waals surface area (Å²) in [5.41, 5.74) is 1.58. The summed E-state index contributed by atoms with van der Waals surface area (Å²) < 4.78 is 26.5. The molecule has 3 aromatic rings. The number of benzene rings is 2. The van der Waals surface area contributed by atoms with Crippen molar-refractivity contribution < 1.29 is 13.6 Å². The fourth-order valence-electron chi connectivity index (χ4n) is 2.42. The van der Waals surface area contributed by atoms with Crippen LogP contribution >= 0.6 is 0 Å². The zero-order valence-corrected chi connectivity index (χ0v) is 11.9. The van der Waals surface area contributed by atoms with E-state index in [1.54, 1.807) is 13.1 Å². The highest BCUT2D eigenvalue weighted by Gasteiger charge is 2.19. The van der Waals surface area contributed by atoms with Gasteiger partial charge in [-0.15, -0.1) is 0 Å². The first-order chi connectivity index (χ1) is 10.5. The molecule has 22 heavy (non-hydrogen) atoms. The van der Waals surface area contributed by atoms with Crippen LogP contribution in [0.1, 0.15) is 28.8 Å². The number of nitrogens with zero attached hydrogens (tertiary/aromatic N) is 1. The molecule has 2 aromatic carbocycles. The van der Waals surface area contributed by atoms with E-state index in [0.29, 0.717) is 5.56 Å². The molecule has 0 unspecified atom stereocenters. The van der Waals surface area contributed by atoms with Gasteiger partial charge in [0.15, 0.2) is 5.78 Å². The lowest BCUT2D eigenvalue weighted by Crippen LogP contribution is -2.10. The summed E-state index contributed by atoms with van der Waals surface area (Å²) in [7, 11) is 0. The highest BCUT2D eigenvalue weighted by Crippen LogP contribution is 2.24. The van der Waals surface area contributed by atoms with Crippen molar-refractivity contribution in [2.24, 2.45) is 0 Å². The predicted molar refractivity (Wildman–Crippen MR) is 80.8 cm³/mol. The number of para-hydroxylation sites is 1. The summed E-state index contributed by atoms with van der Waals surface area (Å²) in [6.45, 7) is 1.71. The van der Waals surface area contributed by atoms with Crippen LogP contribution in [0.5, 0.6) is 0 Å². The Balaban J connectivity index is 1.97. The van der Waals surface area contributed by atoms with Crippen LogP contribution in [-0.4, -0.2) is 10.8 Å². The molecule has 0 radical (unpaired) electrons. The smallest absolute Gasteiger partial charge is 0.170 e. The Bertz CT molecular complexity index is 840. The van der Waals surface area contributed by atoms with Crippen LogP contribution in [0.4, 0.5) is 8.78 Å². The van der Waals surface area contributed by atoms with Gasteiger partial charge in [0.25, 0.3) is 0 Å². The second kappa shape index (κ2) is 5.64. The second-order valence-corrected chi connectivity index (χ2v) is 5.21. The van der Waals surface area contributed by atoms with Crippen LogP contribution in [0.2, 0.25) is 0 Å². The lowest BCUT2D eigenvalue weighted by Gasteiger charge is -2.12. The van der Waals surface area contributed by atoms with Crippen molar-refractivity contribution in [1.82, 2.24) is 4.98 Å². The third-order valence-electron chi connectivity index (χ3n) is 3.65. The van der Waals surface area contributed by atoms with Gasteiger partial charge in [0.05, 0.1) is 5.52 Å². The Morgan fingerprint density at radius 3 is 2.45 bits per heavy atom. The number of hydrogen-bond donors (Lipinski definition) is 0.